The Hall–Kier alpha value is -1.23. The molecule has 0 aromatic carbocycles. The predicted molar refractivity (Wildman–Crippen MR) is 78.8 cm³/mol. The number of aliphatic imine (C=N–C) groups is 1. The second-order valence-corrected chi connectivity index (χ2v) is 6.75. The highest BCUT2D eigenvalue weighted by Crippen LogP contribution is 2.15. The van der Waals surface area contributed by atoms with Crippen molar-refractivity contribution < 1.29 is 9.53 Å². The fourth-order valence-electron chi connectivity index (χ4n) is 1.49. The van der Waals surface area contributed by atoms with E-state index in [1.165, 1.54) is 11.3 Å². The summed E-state index contributed by atoms with van der Waals surface area (Å²) in [6.07, 6.45) is 4.05. The maximum absolute atomic E-state index is 12.1. The summed E-state index contributed by atoms with van der Waals surface area (Å²) in [4.78, 5) is 20.6. The summed E-state index contributed by atoms with van der Waals surface area (Å²) < 4.78 is 5.40. The molecule has 1 aromatic rings. The van der Waals surface area contributed by atoms with E-state index in [1.54, 1.807) is 12.4 Å². The van der Waals surface area contributed by atoms with E-state index >= 15 is 0 Å². The van der Waals surface area contributed by atoms with Gasteiger partial charge in [-0.1, -0.05) is 13.8 Å². The van der Waals surface area contributed by atoms with Crippen LogP contribution in [0.3, 0.4) is 0 Å². The van der Waals surface area contributed by atoms with Crippen molar-refractivity contribution in [2.24, 2.45) is 10.9 Å². The maximum atomic E-state index is 12.1. The van der Waals surface area contributed by atoms with Crippen LogP contribution in [0.2, 0.25) is 0 Å². The van der Waals surface area contributed by atoms with Crippen LogP contribution in [0.15, 0.2) is 16.6 Å². The molecule has 4 nitrogen and oxygen atoms in total. The van der Waals surface area contributed by atoms with Gasteiger partial charge in [0.25, 0.3) is 0 Å². The van der Waals surface area contributed by atoms with E-state index in [-0.39, 0.29) is 5.97 Å². The number of ether oxygens (including phenoxy) is 1. The molecule has 1 unspecified atom stereocenters. The number of carbonyl (C=O) groups excluding carboxylic acids is 1. The Balaban J connectivity index is 2.74. The standard InChI is InChI=1S/C14H22N2O2S/c1-10(2)8-11(13(17)18-14(3,4)5)16-9-12-15-6-7-19-12/h6-7,9-11H,8H2,1-5H3/b16-9+. The van der Waals surface area contributed by atoms with Gasteiger partial charge in [0, 0.05) is 11.6 Å². The molecule has 19 heavy (non-hydrogen) atoms. The number of hydrogen-bond donors (Lipinski definition) is 0. The van der Waals surface area contributed by atoms with E-state index in [0.717, 1.165) is 5.01 Å². The van der Waals surface area contributed by atoms with Crippen molar-refractivity contribution in [2.75, 3.05) is 0 Å². The number of nitrogens with zero attached hydrogens (tertiary/aromatic N) is 2. The lowest BCUT2D eigenvalue weighted by Crippen LogP contribution is -2.31. The third-order valence-corrected chi connectivity index (χ3v) is 2.90. The number of rotatable bonds is 5. The molecule has 1 atom stereocenters. The molecule has 0 spiro atoms. The van der Waals surface area contributed by atoms with Gasteiger partial charge < -0.3 is 4.74 Å². The van der Waals surface area contributed by atoms with E-state index in [4.69, 9.17) is 4.74 Å². The minimum Gasteiger partial charge on any atom is -0.458 e. The van der Waals surface area contributed by atoms with Crippen molar-refractivity contribution in [3.8, 4) is 0 Å². The van der Waals surface area contributed by atoms with Gasteiger partial charge in [-0.25, -0.2) is 9.78 Å². The van der Waals surface area contributed by atoms with Crippen molar-refractivity contribution >= 4 is 23.5 Å². The van der Waals surface area contributed by atoms with Crippen LogP contribution in [-0.4, -0.2) is 28.8 Å². The largest absolute Gasteiger partial charge is 0.458 e. The van der Waals surface area contributed by atoms with Crippen LogP contribution in [0.25, 0.3) is 0 Å². The second kappa shape index (κ2) is 6.80. The van der Waals surface area contributed by atoms with E-state index < -0.39 is 11.6 Å². The van der Waals surface area contributed by atoms with E-state index in [0.29, 0.717) is 12.3 Å². The molecule has 0 aliphatic carbocycles. The van der Waals surface area contributed by atoms with Crippen LogP contribution in [0, 0.1) is 5.92 Å². The van der Waals surface area contributed by atoms with Gasteiger partial charge in [-0.2, -0.15) is 0 Å². The van der Waals surface area contributed by atoms with Crippen LogP contribution in [0.1, 0.15) is 46.0 Å². The van der Waals surface area contributed by atoms with Crippen LogP contribution >= 0.6 is 11.3 Å². The average molecular weight is 282 g/mol. The fourth-order valence-corrected chi connectivity index (χ4v) is 1.99. The second-order valence-electron chi connectivity index (χ2n) is 5.83. The van der Waals surface area contributed by atoms with Gasteiger partial charge in [0.1, 0.15) is 16.7 Å². The Morgan fingerprint density at radius 2 is 2.21 bits per heavy atom. The SMILES string of the molecule is CC(C)CC(/N=C/c1nccs1)C(=O)OC(C)(C)C. The van der Waals surface area contributed by atoms with Crippen molar-refractivity contribution in [1.29, 1.82) is 0 Å². The number of hydrogen-bond acceptors (Lipinski definition) is 5. The molecule has 1 heterocycles. The molecule has 0 radical (unpaired) electrons. The molecule has 0 aliphatic rings. The number of thiazole rings is 1. The minimum atomic E-state index is -0.483. The Morgan fingerprint density at radius 1 is 1.53 bits per heavy atom. The highest BCUT2D eigenvalue weighted by atomic mass is 32.1. The monoisotopic (exact) mass is 282 g/mol. The van der Waals surface area contributed by atoms with E-state index in [9.17, 15) is 4.79 Å². The molecule has 1 aromatic heterocycles. The molecule has 0 amide bonds. The van der Waals surface area contributed by atoms with Crippen LogP contribution in [0.4, 0.5) is 0 Å². The minimum absolute atomic E-state index is 0.269. The van der Waals surface area contributed by atoms with Crippen molar-refractivity contribution in [2.45, 2.75) is 52.7 Å². The smallest absolute Gasteiger partial charge is 0.331 e. The Morgan fingerprint density at radius 3 is 2.68 bits per heavy atom. The third kappa shape index (κ3) is 6.47. The first-order valence-corrected chi connectivity index (χ1v) is 7.31. The topological polar surface area (TPSA) is 51.5 Å². The summed E-state index contributed by atoms with van der Waals surface area (Å²) >= 11 is 1.50. The lowest BCUT2D eigenvalue weighted by Gasteiger charge is -2.23. The zero-order valence-electron chi connectivity index (χ0n) is 12.2. The molecule has 0 N–H and O–H groups in total. The molecule has 0 bridgehead atoms. The van der Waals surface area contributed by atoms with Gasteiger partial charge in [0.2, 0.25) is 0 Å². The Labute approximate surface area is 118 Å². The maximum Gasteiger partial charge on any atom is 0.331 e. The molecular formula is C14H22N2O2S. The van der Waals surface area contributed by atoms with Gasteiger partial charge in [-0.15, -0.1) is 11.3 Å². The summed E-state index contributed by atoms with van der Waals surface area (Å²) in [5.74, 6) is 0.111. The highest BCUT2D eigenvalue weighted by Gasteiger charge is 2.25. The lowest BCUT2D eigenvalue weighted by molar-refractivity contribution is -0.156. The average Bonchev–Trinajstić information content (AvgIpc) is 2.73. The Kier molecular flexibility index (Phi) is 5.66. The van der Waals surface area contributed by atoms with Crippen molar-refractivity contribution in [3.05, 3.63) is 16.6 Å². The Bertz CT molecular complexity index is 419. The zero-order chi connectivity index (χ0) is 14.5. The molecule has 1 rings (SSSR count). The van der Waals surface area contributed by atoms with Crippen molar-refractivity contribution in [1.82, 2.24) is 4.98 Å². The van der Waals surface area contributed by atoms with Crippen LogP contribution in [-0.2, 0) is 9.53 Å². The van der Waals surface area contributed by atoms with Crippen LogP contribution < -0.4 is 0 Å². The summed E-state index contributed by atoms with van der Waals surface area (Å²) in [5.41, 5.74) is -0.483. The van der Waals surface area contributed by atoms with Crippen LogP contribution in [0.5, 0.6) is 0 Å². The summed E-state index contributed by atoms with van der Waals surface area (Å²) in [6.45, 7) is 9.72. The van der Waals surface area contributed by atoms with Gasteiger partial charge in [-0.3, -0.25) is 4.99 Å². The number of carbonyl (C=O) groups is 1. The highest BCUT2D eigenvalue weighted by molar-refractivity contribution is 7.11. The third-order valence-electron chi connectivity index (χ3n) is 2.19. The predicted octanol–water partition coefficient (Wildman–Crippen LogP) is 3.32. The molecule has 5 heteroatoms. The first-order chi connectivity index (χ1) is 8.78. The molecule has 0 saturated heterocycles. The summed E-state index contributed by atoms with van der Waals surface area (Å²) in [6, 6.07) is -0.455. The zero-order valence-corrected chi connectivity index (χ0v) is 13.0. The van der Waals surface area contributed by atoms with Gasteiger partial charge in [-0.05, 0) is 33.1 Å². The lowest BCUT2D eigenvalue weighted by atomic mass is 10.0. The molecule has 0 aliphatic heterocycles. The van der Waals surface area contributed by atoms with E-state index in [2.05, 4.69) is 23.8 Å². The number of esters is 1. The van der Waals surface area contributed by atoms with Gasteiger partial charge in [0.15, 0.2) is 0 Å². The molecule has 106 valence electrons. The van der Waals surface area contributed by atoms with E-state index in [1.807, 2.05) is 26.2 Å². The summed E-state index contributed by atoms with van der Waals surface area (Å²) in [5, 5.41) is 2.68. The van der Waals surface area contributed by atoms with Gasteiger partial charge >= 0.3 is 5.97 Å². The van der Waals surface area contributed by atoms with Gasteiger partial charge in [0.05, 0.1) is 6.21 Å². The first kappa shape index (κ1) is 15.8. The molecule has 0 fully saturated rings. The molecular weight excluding hydrogens is 260 g/mol. The first-order valence-electron chi connectivity index (χ1n) is 6.43. The quantitative estimate of drug-likeness (QED) is 0.615. The summed E-state index contributed by atoms with van der Waals surface area (Å²) in [7, 11) is 0. The normalized spacial score (nSPS) is 14.0. The number of aromatic nitrogens is 1. The molecule has 0 saturated carbocycles. The van der Waals surface area contributed by atoms with Crippen molar-refractivity contribution in [3.63, 3.8) is 0 Å². The fraction of sp³-hybridized carbons (Fsp3) is 0.643.